The van der Waals surface area contributed by atoms with Gasteiger partial charge in [0.2, 0.25) is 0 Å². The van der Waals surface area contributed by atoms with Gasteiger partial charge in [-0.2, -0.15) is 5.26 Å². The zero-order valence-electron chi connectivity index (χ0n) is 15.5. The number of piperazine rings is 1. The van der Waals surface area contributed by atoms with Crippen LogP contribution in [0.2, 0.25) is 0 Å². The molecule has 0 amide bonds. The van der Waals surface area contributed by atoms with E-state index in [4.69, 9.17) is 15.2 Å². The van der Waals surface area contributed by atoms with Crippen LogP contribution in [0.15, 0.2) is 24.4 Å². The van der Waals surface area contributed by atoms with Gasteiger partial charge in [0.1, 0.15) is 23.5 Å². The Bertz CT molecular complexity index is 855. The predicted molar refractivity (Wildman–Crippen MR) is 104 cm³/mol. The largest absolute Gasteiger partial charge is 0.353 e. The Morgan fingerprint density at radius 3 is 2.19 bits per heavy atom. The van der Waals surface area contributed by atoms with Gasteiger partial charge in [0, 0.05) is 56.0 Å². The average Bonchev–Trinajstić information content (AvgIpc) is 3.52. The summed E-state index contributed by atoms with van der Waals surface area (Å²) in [5.74, 6) is 4.37. The first kappa shape index (κ1) is 16.5. The van der Waals surface area contributed by atoms with Crippen molar-refractivity contribution in [1.82, 2.24) is 15.0 Å². The van der Waals surface area contributed by atoms with Crippen LogP contribution in [0.1, 0.15) is 61.0 Å². The van der Waals surface area contributed by atoms with Crippen LogP contribution in [0.3, 0.4) is 0 Å². The van der Waals surface area contributed by atoms with Gasteiger partial charge in [-0.15, -0.1) is 0 Å². The Labute approximate surface area is 159 Å². The van der Waals surface area contributed by atoms with E-state index in [1.54, 1.807) is 6.20 Å². The lowest BCUT2D eigenvalue weighted by Crippen LogP contribution is -2.47. The van der Waals surface area contributed by atoms with Gasteiger partial charge in [-0.05, 0) is 37.8 Å². The quantitative estimate of drug-likeness (QED) is 0.834. The highest BCUT2D eigenvalue weighted by Crippen LogP contribution is 2.41. The molecule has 27 heavy (non-hydrogen) atoms. The minimum Gasteiger partial charge on any atom is -0.353 e. The van der Waals surface area contributed by atoms with Crippen LogP contribution in [0.4, 0.5) is 11.6 Å². The maximum atomic E-state index is 8.93. The summed E-state index contributed by atoms with van der Waals surface area (Å²) in [6.45, 7) is 3.71. The molecule has 3 fully saturated rings. The van der Waals surface area contributed by atoms with Crippen molar-refractivity contribution in [3.05, 3.63) is 41.5 Å². The molecule has 0 radical (unpaired) electrons. The maximum absolute atomic E-state index is 8.93. The molecule has 0 unspecified atom stereocenters. The summed E-state index contributed by atoms with van der Waals surface area (Å²) < 4.78 is 0. The van der Waals surface area contributed by atoms with E-state index in [0.29, 0.717) is 17.4 Å². The summed E-state index contributed by atoms with van der Waals surface area (Å²) >= 11 is 0. The number of hydrogen-bond donors (Lipinski definition) is 0. The number of anilines is 2. The summed E-state index contributed by atoms with van der Waals surface area (Å²) in [6, 6.07) is 8.15. The summed E-state index contributed by atoms with van der Waals surface area (Å²) in [4.78, 5) is 18.9. The van der Waals surface area contributed by atoms with Gasteiger partial charge in [-0.25, -0.2) is 15.0 Å². The van der Waals surface area contributed by atoms with E-state index >= 15 is 0 Å². The summed E-state index contributed by atoms with van der Waals surface area (Å²) in [6.07, 6.45) is 8.02. The lowest BCUT2D eigenvalue weighted by molar-refractivity contribution is 0.409. The SMILES string of the molecule is N#Cc1ccc(N2CCN(c3cc(C4CCC4)nc(C4CC4)n3)CC2)nc1. The molecule has 2 aromatic heterocycles. The summed E-state index contributed by atoms with van der Waals surface area (Å²) in [7, 11) is 0. The van der Waals surface area contributed by atoms with Crippen molar-refractivity contribution in [3.63, 3.8) is 0 Å². The van der Waals surface area contributed by atoms with E-state index in [2.05, 4.69) is 26.9 Å². The molecule has 3 heterocycles. The van der Waals surface area contributed by atoms with Crippen molar-refractivity contribution in [1.29, 1.82) is 5.26 Å². The van der Waals surface area contributed by atoms with Crippen LogP contribution in [-0.4, -0.2) is 41.1 Å². The van der Waals surface area contributed by atoms with Crippen LogP contribution < -0.4 is 9.80 Å². The Hall–Kier alpha value is -2.68. The topological polar surface area (TPSA) is 68.9 Å². The highest BCUT2D eigenvalue weighted by atomic mass is 15.3. The van der Waals surface area contributed by atoms with Crippen LogP contribution in [-0.2, 0) is 0 Å². The smallest absolute Gasteiger partial charge is 0.134 e. The fourth-order valence-corrected chi connectivity index (χ4v) is 3.87. The van der Waals surface area contributed by atoms with Crippen LogP contribution >= 0.6 is 0 Å². The van der Waals surface area contributed by atoms with E-state index in [-0.39, 0.29) is 0 Å². The first-order valence-electron chi connectivity index (χ1n) is 10.0. The maximum Gasteiger partial charge on any atom is 0.134 e. The van der Waals surface area contributed by atoms with Crippen LogP contribution in [0.25, 0.3) is 0 Å². The molecular weight excluding hydrogens is 336 g/mol. The summed E-state index contributed by atoms with van der Waals surface area (Å²) in [5, 5.41) is 8.93. The molecule has 0 N–H and O–H groups in total. The third-order valence-corrected chi connectivity index (χ3v) is 6.02. The second kappa shape index (κ2) is 6.80. The van der Waals surface area contributed by atoms with Crippen molar-refractivity contribution in [2.75, 3.05) is 36.0 Å². The average molecular weight is 360 g/mol. The zero-order chi connectivity index (χ0) is 18.2. The van der Waals surface area contributed by atoms with Crippen molar-refractivity contribution in [3.8, 4) is 6.07 Å². The lowest BCUT2D eigenvalue weighted by Gasteiger charge is -2.36. The monoisotopic (exact) mass is 360 g/mol. The molecule has 0 atom stereocenters. The van der Waals surface area contributed by atoms with Gasteiger partial charge < -0.3 is 9.80 Å². The lowest BCUT2D eigenvalue weighted by atomic mass is 9.83. The molecule has 138 valence electrons. The van der Waals surface area contributed by atoms with Crippen molar-refractivity contribution in [2.45, 2.75) is 43.9 Å². The highest BCUT2D eigenvalue weighted by molar-refractivity contribution is 5.47. The molecule has 3 aliphatic rings. The predicted octanol–water partition coefficient (Wildman–Crippen LogP) is 3.21. The molecule has 1 aliphatic heterocycles. The molecule has 6 nitrogen and oxygen atoms in total. The van der Waals surface area contributed by atoms with Crippen molar-refractivity contribution in [2.24, 2.45) is 0 Å². The minimum atomic E-state index is 0.591. The number of rotatable bonds is 4. The Morgan fingerprint density at radius 1 is 0.889 bits per heavy atom. The Morgan fingerprint density at radius 2 is 1.63 bits per heavy atom. The Kier molecular flexibility index (Phi) is 4.16. The molecule has 0 bridgehead atoms. The molecule has 6 heteroatoms. The zero-order valence-corrected chi connectivity index (χ0v) is 15.5. The minimum absolute atomic E-state index is 0.591. The van der Waals surface area contributed by atoms with E-state index < -0.39 is 0 Å². The molecular formula is C21H24N6. The number of nitrogens with zero attached hydrogens (tertiary/aromatic N) is 6. The fourth-order valence-electron chi connectivity index (χ4n) is 3.87. The van der Waals surface area contributed by atoms with E-state index in [1.807, 2.05) is 12.1 Å². The molecule has 2 aliphatic carbocycles. The molecule has 0 aromatic carbocycles. The first-order chi connectivity index (χ1) is 13.3. The van der Waals surface area contributed by atoms with Gasteiger partial charge in [0.15, 0.2) is 0 Å². The molecule has 0 spiro atoms. The molecule has 5 rings (SSSR count). The number of nitriles is 1. The molecule has 2 aromatic rings. The van der Waals surface area contributed by atoms with Crippen molar-refractivity contribution < 1.29 is 0 Å². The van der Waals surface area contributed by atoms with Gasteiger partial charge in [-0.3, -0.25) is 0 Å². The second-order valence-electron chi connectivity index (χ2n) is 7.90. The van der Waals surface area contributed by atoms with Crippen LogP contribution in [0.5, 0.6) is 0 Å². The molecule has 1 saturated heterocycles. The van der Waals surface area contributed by atoms with E-state index in [1.165, 1.54) is 37.8 Å². The standard InChI is InChI=1S/C21H24N6/c22-13-15-4-7-19(23-14-15)26-8-10-27(11-9-26)20-12-18(16-2-1-3-16)24-21(25-20)17-5-6-17/h4,7,12,14,16-17H,1-3,5-6,8-11H2. The van der Waals surface area contributed by atoms with Crippen LogP contribution in [0, 0.1) is 11.3 Å². The summed E-state index contributed by atoms with van der Waals surface area (Å²) in [5.41, 5.74) is 1.87. The third-order valence-electron chi connectivity index (χ3n) is 6.02. The highest BCUT2D eigenvalue weighted by Gasteiger charge is 2.31. The number of pyridine rings is 1. The van der Waals surface area contributed by atoms with E-state index in [9.17, 15) is 0 Å². The number of hydrogen-bond acceptors (Lipinski definition) is 6. The third kappa shape index (κ3) is 3.34. The van der Waals surface area contributed by atoms with E-state index in [0.717, 1.165) is 43.6 Å². The van der Waals surface area contributed by atoms with Gasteiger partial charge in [0.05, 0.1) is 5.56 Å². The second-order valence-corrected chi connectivity index (χ2v) is 7.90. The van der Waals surface area contributed by atoms with Crippen molar-refractivity contribution >= 4 is 11.6 Å². The normalized spacial score (nSPS) is 20.3. The molecule has 2 saturated carbocycles. The number of aromatic nitrogens is 3. The van der Waals surface area contributed by atoms with Gasteiger partial charge in [0.25, 0.3) is 0 Å². The van der Waals surface area contributed by atoms with Gasteiger partial charge in [-0.1, -0.05) is 6.42 Å². The fraction of sp³-hybridized carbons (Fsp3) is 0.524. The Balaban J connectivity index is 1.31. The first-order valence-corrected chi connectivity index (χ1v) is 10.0. The van der Waals surface area contributed by atoms with Gasteiger partial charge >= 0.3 is 0 Å².